The summed E-state index contributed by atoms with van der Waals surface area (Å²) in [5, 5.41) is 5.36. The first-order chi connectivity index (χ1) is 9.04. The lowest BCUT2D eigenvalue weighted by Crippen LogP contribution is -2.13. The minimum atomic E-state index is 0.00322. The van der Waals surface area contributed by atoms with Gasteiger partial charge in [-0.1, -0.05) is 26.0 Å². The fourth-order valence-corrected chi connectivity index (χ4v) is 2.44. The normalized spacial score (nSPS) is 10.7. The van der Waals surface area contributed by atoms with Gasteiger partial charge in [0.1, 0.15) is 0 Å². The van der Waals surface area contributed by atoms with Gasteiger partial charge in [-0.3, -0.25) is 4.79 Å². The fraction of sp³-hybridized carbons (Fsp3) is 0.286. The maximum absolute atomic E-state index is 11.7. The standard InChI is InChI=1S/C14H17N3OS/c1-9(2)6-13(18)17-14-16-12(8-19-14)10-4-3-5-11(15)7-10/h3-5,7-9H,6,15H2,1-2H3,(H,16,17,18). The van der Waals surface area contributed by atoms with Crippen molar-refractivity contribution in [1.82, 2.24) is 4.98 Å². The second-order valence-electron chi connectivity index (χ2n) is 4.81. The Hall–Kier alpha value is -1.88. The van der Waals surface area contributed by atoms with Gasteiger partial charge in [0.25, 0.3) is 0 Å². The van der Waals surface area contributed by atoms with Gasteiger partial charge < -0.3 is 11.1 Å². The van der Waals surface area contributed by atoms with Gasteiger partial charge >= 0.3 is 0 Å². The number of thiazole rings is 1. The average Bonchev–Trinajstić information content (AvgIpc) is 2.76. The van der Waals surface area contributed by atoms with Crippen LogP contribution in [0.1, 0.15) is 20.3 Å². The topological polar surface area (TPSA) is 68.0 Å². The van der Waals surface area contributed by atoms with E-state index in [-0.39, 0.29) is 5.91 Å². The SMILES string of the molecule is CC(C)CC(=O)Nc1nc(-c2cccc(N)c2)cs1. The maximum atomic E-state index is 11.7. The Bertz CT molecular complexity index is 578. The van der Waals surface area contributed by atoms with Crippen LogP contribution in [0.25, 0.3) is 11.3 Å². The third-order valence-electron chi connectivity index (χ3n) is 2.53. The molecule has 1 heterocycles. The van der Waals surface area contributed by atoms with E-state index < -0.39 is 0 Å². The lowest BCUT2D eigenvalue weighted by atomic mass is 10.1. The van der Waals surface area contributed by atoms with E-state index in [9.17, 15) is 4.79 Å². The Morgan fingerprint density at radius 3 is 2.95 bits per heavy atom. The highest BCUT2D eigenvalue weighted by atomic mass is 32.1. The van der Waals surface area contributed by atoms with E-state index in [1.165, 1.54) is 11.3 Å². The summed E-state index contributed by atoms with van der Waals surface area (Å²) in [5.41, 5.74) is 8.24. The average molecular weight is 275 g/mol. The highest BCUT2D eigenvalue weighted by Gasteiger charge is 2.09. The highest BCUT2D eigenvalue weighted by molar-refractivity contribution is 7.14. The molecule has 1 aromatic carbocycles. The van der Waals surface area contributed by atoms with E-state index in [2.05, 4.69) is 10.3 Å². The molecular weight excluding hydrogens is 258 g/mol. The minimum absolute atomic E-state index is 0.00322. The molecule has 100 valence electrons. The molecule has 0 atom stereocenters. The number of anilines is 2. The van der Waals surface area contributed by atoms with E-state index in [4.69, 9.17) is 5.73 Å². The Labute approximate surface area is 116 Å². The molecule has 0 bridgehead atoms. The van der Waals surface area contributed by atoms with E-state index in [0.29, 0.717) is 23.2 Å². The van der Waals surface area contributed by atoms with Gasteiger partial charge in [0.05, 0.1) is 5.69 Å². The third-order valence-corrected chi connectivity index (χ3v) is 3.28. The van der Waals surface area contributed by atoms with Gasteiger partial charge in [-0.15, -0.1) is 11.3 Å². The van der Waals surface area contributed by atoms with Crippen LogP contribution < -0.4 is 11.1 Å². The molecule has 19 heavy (non-hydrogen) atoms. The molecule has 0 saturated heterocycles. The minimum Gasteiger partial charge on any atom is -0.399 e. The summed E-state index contributed by atoms with van der Waals surface area (Å²) in [5.74, 6) is 0.344. The first-order valence-electron chi connectivity index (χ1n) is 6.16. The van der Waals surface area contributed by atoms with Crippen molar-refractivity contribution in [2.75, 3.05) is 11.1 Å². The largest absolute Gasteiger partial charge is 0.399 e. The Morgan fingerprint density at radius 1 is 1.47 bits per heavy atom. The van der Waals surface area contributed by atoms with Crippen LogP contribution in [0.2, 0.25) is 0 Å². The number of nitrogens with one attached hydrogen (secondary N) is 1. The van der Waals surface area contributed by atoms with Crippen molar-refractivity contribution >= 4 is 28.1 Å². The van der Waals surface area contributed by atoms with E-state index >= 15 is 0 Å². The molecule has 0 aliphatic rings. The van der Waals surface area contributed by atoms with Gasteiger partial charge in [-0.2, -0.15) is 0 Å². The van der Waals surface area contributed by atoms with E-state index in [1.807, 2.05) is 43.5 Å². The third kappa shape index (κ3) is 3.79. The number of hydrogen-bond donors (Lipinski definition) is 2. The van der Waals surface area contributed by atoms with Crippen molar-refractivity contribution < 1.29 is 4.79 Å². The molecule has 0 aliphatic carbocycles. The van der Waals surface area contributed by atoms with Gasteiger partial charge in [0.2, 0.25) is 5.91 Å². The van der Waals surface area contributed by atoms with Crippen LogP contribution in [-0.2, 0) is 4.79 Å². The number of benzene rings is 1. The second-order valence-corrected chi connectivity index (χ2v) is 5.67. The van der Waals surface area contributed by atoms with Gasteiger partial charge in [-0.05, 0) is 18.1 Å². The first kappa shape index (κ1) is 13.5. The molecule has 0 radical (unpaired) electrons. The summed E-state index contributed by atoms with van der Waals surface area (Å²) < 4.78 is 0. The van der Waals surface area contributed by atoms with Crippen molar-refractivity contribution in [3.05, 3.63) is 29.6 Å². The summed E-state index contributed by atoms with van der Waals surface area (Å²) >= 11 is 1.42. The van der Waals surface area contributed by atoms with Crippen LogP contribution in [0, 0.1) is 5.92 Å². The van der Waals surface area contributed by atoms with Gasteiger partial charge in [0, 0.05) is 23.1 Å². The molecule has 0 aliphatic heterocycles. The van der Waals surface area contributed by atoms with Crippen molar-refractivity contribution in [2.24, 2.45) is 5.92 Å². The number of aromatic nitrogens is 1. The fourth-order valence-electron chi connectivity index (χ4n) is 1.70. The Kier molecular flexibility index (Phi) is 4.16. The zero-order valence-corrected chi connectivity index (χ0v) is 11.8. The van der Waals surface area contributed by atoms with Crippen LogP contribution in [0.3, 0.4) is 0 Å². The van der Waals surface area contributed by atoms with Crippen molar-refractivity contribution in [3.8, 4) is 11.3 Å². The maximum Gasteiger partial charge on any atom is 0.226 e. The Balaban J connectivity index is 2.09. The van der Waals surface area contributed by atoms with Crippen molar-refractivity contribution in [1.29, 1.82) is 0 Å². The molecule has 2 aromatic rings. The smallest absolute Gasteiger partial charge is 0.226 e. The number of carbonyl (C=O) groups is 1. The summed E-state index contributed by atoms with van der Waals surface area (Å²) in [6.45, 7) is 4.03. The number of nitrogen functional groups attached to an aromatic ring is 1. The van der Waals surface area contributed by atoms with E-state index in [0.717, 1.165) is 11.3 Å². The lowest BCUT2D eigenvalue weighted by Gasteiger charge is -2.03. The van der Waals surface area contributed by atoms with Gasteiger partial charge in [-0.25, -0.2) is 4.98 Å². The lowest BCUT2D eigenvalue weighted by molar-refractivity contribution is -0.116. The number of nitrogens with zero attached hydrogens (tertiary/aromatic N) is 1. The van der Waals surface area contributed by atoms with Crippen LogP contribution >= 0.6 is 11.3 Å². The molecule has 0 spiro atoms. The molecule has 0 unspecified atom stereocenters. The molecule has 0 saturated carbocycles. The number of amides is 1. The Morgan fingerprint density at radius 2 is 2.26 bits per heavy atom. The van der Waals surface area contributed by atoms with Crippen molar-refractivity contribution in [3.63, 3.8) is 0 Å². The van der Waals surface area contributed by atoms with E-state index in [1.54, 1.807) is 0 Å². The quantitative estimate of drug-likeness (QED) is 0.840. The summed E-state index contributed by atoms with van der Waals surface area (Å²) in [4.78, 5) is 16.1. The molecule has 4 nitrogen and oxygen atoms in total. The predicted octanol–water partition coefficient (Wildman–Crippen LogP) is 3.38. The predicted molar refractivity (Wildman–Crippen MR) is 80.0 cm³/mol. The molecule has 1 amide bonds. The second kappa shape index (κ2) is 5.84. The molecule has 5 heteroatoms. The highest BCUT2D eigenvalue weighted by Crippen LogP contribution is 2.26. The number of hydrogen-bond acceptors (Lipinski definition) is 4. The zero-order valence-electron chi connectivity index (χ0n) is 11.0. The van der Waals surface area contributed by atoms with Crippen molar-refractivity contribution in [2.45, 2.75) is 20.3 Å². The summed E-state index contributed by atoms with van der Waals surface area (Å²) in [6.07, 6.45) is 0.507. The molecule has 3 N–H and O–H groups in total. The summed E-state index contributed by atoms with van der Waals surface area (Å²) in [6, 6.07) is 7.54. The molecule has 0 fully saturated rings. The number of rotatable bonds is 4. The van der Waals surface area contributed by atoms with Crippen LogP contribution in [0.4, 0.5) is 10.8 Å². The van der Waals surface area contributed by atoms with Crippen LogP contribution in [-0.4, -0.2) is 10.9 Å². The van der Waals surface area contributed by atoms with Crippen LogP contribution in [0.15, 0.2) is 29.6 Å². The molecule has 1 aromatic heterocycles. The van der Waals surface area contributed by atoms with Crippen LogP contribution in [0.5, 0.6) is 0 Å². The number of nitrogens with two attached hydrogens (primary N) is 1. The number of carbonyl (C=O) groups excluding carboxylic acids is 1. The monoisotopic (exact) mass is 275 g/mol. The first-order valence-corrected chi connectivity index (χ1v) is 7.04. The van der Waals surface area contributed by atoms with Gasteiger partial charge in [0.15, 0.2) is 5.13 Å². The summed E-state index contributed by atoms with van der Waals surface area (Å²) in [7, 11) is 0. The molecular formula is C14H17N3OS. The molecule has 2 rings (SSSR count). The zero-order chi connectivity index (χ0) is 13.8.